The zero-order chi connectivity index (χ0) is 10.3. The first kappa shape index (κ1) is 10.4. The lowest BCUT2D eigenvalue weighted by Gasteiger charge is -2.38. The Balaban J connectivity index is 2.18. The van der Waals surface area contributed by atoms with Crippen molar-refractivity contribution in [2.24, 2.45) is 0 Å². The monoisotopic (exact) mass is 218 g/mol. The van der Waals surface area contributed by atoms with Gasteiger partial charge in [-0.05, 0) is 19.4 Å². The summed E-state index contributed by atoms with van der Waals surface area (Å²) in [5, 5.41) is 0. The van der Waals surface area contributed by atoms with Crippen molar-refractivity contribution in [3.05, 3.63) is 0 Å². The zero-order valence-corrected chi connectivity index (χ0v) is 9.63. The van der Waals surface area contributed by atoms with E-state index in [0.29, 0.717) is 0 Å². The van der Waals surface area contributed by atoms with E-state index in [9.17, 15) is 8.42 Å². The van der Waals surface area contributed by atoms with Gasteiger partial charge in [0.1, 0.15) is 0 Å². The lowest BCUT2D eigenvalue weighted by atomic mass is 10.2. The van der Waals surface area contributed by atoms with Gasteiger partial charge in [-0.25, -0.2) is 8.42 Å². The second-order valence-corrected chi connectivity index (χ2v) is 6.22. The molecule has 2 unspecified atom stereocenters. The van der Waals surface area contributed by atoms with Crippen LogP contribution in [0.25, 0.3) is 0 Å². The number of likely N-dealkylation sites (N-methyl/N-ethyl adjacent to an activating group) is 1. The number of likely N-dealkylation sites (tertiary alicyclic amines) is 1. The van der Waals surface area contributed by atoms with Gasteiger partial charge >= 0.3 is 0 Å². The third kappa shape index (κ3) is 1.68. The molecule has 0 aromatic carbocycles. The summed E-state index contributed by atoms with van der Waals surface area (Å²) in [7, 11) is -2.99. The minimum Gasteiger partial charge on any atom is -0.300 e. The first-order chi connectivity index (χ1) is 6.52. The molecule has 2 fully saturated rings. The van der Waals surface area contributed by atoms with E-state index in [-0.39, 0.29) is 12.1 Å². The summed E-state index contributed by atoms with van der Waals surface area (Å²) in [5.74, 6) is 0. The van der Waals surface area contributed by atoms with Crippen LogP contribution >= 0.6 is 0 Å². The smallest absolute Gasteiger partial charge is 0.211 e. The highest BCUT2D eigenvalue weighted by molar-refractivity contribution is 7.88. The van der Waals surface area contributed by atoms with Crippen LogP contribution < -0.4 is 0 Å². The first-order valence-corrected chi connectivity index (χ1v) is 7.08. The Kier molecular flexibility index (Phi) is 2.57. The fraction of sp³-hybridized carbons (Fsp3) is 1.00. The Morgan fingerprint density at radius 2 is 1.71 bits per heavy atom. The Morgan fingerprint density at radius 1 is 1.21 bits per heavy atom. The van der Waals surface area contributed by atoms with E-state index in [0.717, 1.165) is 32.5 Å². The lowest BCUT2D eigenvalue weighted by Crippen LogP contribution is -2.55. The van der Waals surface area contributed by atoms with Crippen LogP contribution in [0.4, 0.5) is 0 Å². The van der Waals surface area contributed by atoms with Crippen molar-refractivity contribution in [1.29, 1.82) is 0 Å². The van der Waals surface area contributed by atoms with Crippen molar-refractivity contribution in [2.75, 3.05) is 25.9 Å². The summed E-state index contributed by atoms with van der Waals surface area (Å²) >= 11 is 0. The van der Waals surface area contributed by atoms with Crippen molar-refractivity contribution >= 4 is 10.0 Å². The molecule has 2 aliphatic heterocycles. The molecular weight excluding hydrogens is 200 g/mol. The second-order valence-electron chi connectivity index (χ2n) is 4.33. The van der Waals surface area contributed by atoms with Crippen LogP contribution in [0.3, 0.4) is 0 Å². The molecule has 0 radical (unpaired) electrons. The van der Waals surface area contributed by atoms with Crippen molar-refractivity contribution in [2.45, 2.75) is 31.8 Å². The number of hydrogen-bond acceptors (Lipinski definition) is 3. The summed E-state index contributed by atoms with van der Waals surface area (Å²) < 4.78 is 24.8. The van der Waals surface area contributed by atoms with E-state index in [1.807, 2.05) is 0 Å². The van der Waals surface area contributed by atoms with Gasteiger partial charge in [0, 0.05) is 25.2 Å². The predicted molar refractivity (Wildman–Crippen MR) is 55.6 cm³/mol. The van der Waals surface area contributed by atoms with Crippen LogP contribution in [0.1, 0.15) is 19.8 Å². The maximum Gasteiger partial charge on any atom is 0.211 e. The molecule has 2 aliphatic rings. The van der Waals surface area contributed by atoms with E-state index in [1.165, 1.54) is 6.26 Å². The van der Waals surface area contributed by atoms with E-state index in [4.69, 9.17) is 0 Å². The number of rotatable bonds is 2. The minimum absolute atomic E-state index is 0.240. The Morgan fingerprint density at radius 3 is 2.07 bits per heavy atom. The van der Waals surface area contributed by atoms with Gasteiger partial charge < -0.3 is 4.90 Å². The first-order valence-electron chi connectivity index (χ1n) is 5.23. The van der Waals surface area contributed by atoms with Gasteiger partial charge in [0.2, 0.25) is 10.0 Å². The highest BCUT2D eigenvalue weighted by Crippen LogP contribution is 2.31. The SMILES string of the molecule is CCN1CC2CCC(C1)N2S(C)(=O)=O. The van der Waals surface area contributed by atoms with Crippen LogP contribution in [-0.2, 0) is 10.0 Å². The Bertz CT molecular complexity index is 301. The quantitative estimate of drug-likeness (QED) is 0.661. The van der Waals surface area contributed by atoms with Crippen molar-refractivity contribution in [3.8, 4) is 0 Å². The fourth-order valence-electron chi connectivity index (χ4n) is 2.75. The molecule has 2 saturated heterocycles. The number of piperazine rings is 1. The van der Waals surface area contributed by atoms with Crippen LogP contribution in [0, 0.1) is 0 Å². The molecule has 5 heteroatoms. The van der Waals surface area contributed by atoms with Gasteiger partial charge in [-0.1, -0.05) is 6.92 Å². The predicted octanol–water partition coefficient (Wildman–Crippen LogP) is 0.115. The normalized spacial score (nSPS) is 35.0. The van der Waals surface area contributed by atoms with Crippen LogP contribution in [0.5, 0.6) is 0 Å². The average Bonchev–Trinajstić information content (AvgIpc) is 2.38. The molecule has 2 rings (SSSR count). The van der Waals surface area contributed by atoms with Gasteiger partial charge in [-0.3, -0.25) is 0 Å². The molecule has 0 aromatic heterocycles. The minimum atomic E-state index is -2.99. The van der Waals surface area contributed by atoms with E-state index < -0.39 is 10.0 Å². The van der Waals surface area contributed by atoms with Gasteiger partial charge in [-0.15, -0.1) is 0 Å². The third-order valence-electron chi connectivity index (χ3n) is 3.32. The highest BCUT2D eigenvalue weighted by atomic mass is 32.2. The van der Waals surface area contributed by atoms with Gasteiger partial charge in [-0.2, -0.15) is 4.31 Å². The zero-order valence-electron chi connectivity index (χ0n) is 8.81. The number of nitrogens with zero attached hydrogens (tertiary/aromatic N) is 2. The van der Waals surface area contributed by atoms with Gasteiger partial charge in [0.25, 0.3) is 0 Å². The number of fused-ring (bicyclic) bond motifs is 2. The maximum absolute atomic E-state index is 11.5. The van der Waals surface area contributed by atoms with Gasteiger partial charge in [0.15, 0.2) is 0 Å². The molecule has 0 N–H and O–H groups in total. The molecule has 14 heavy (non-hydrogen) atoms. The topological polar surface area (TPSA) is 40.6 Å². The van der Waals surface area contributed by atoms with Crippen LogP contribution in [-0.4, -0.2) is 55.6 Å². The van der Waals surface area contributed by atoms with Crippen LogP contribution in [0.15, 0.2) is 0 Å². The molecule has 0 amide bonds. The Labute approximate surface area is 85.9 Å². The van der Waals surface area contributed by atoms with Crippen LogP contribution in [0.2, 0.25) is 0 Å². The third-order valence-corrected chi connectivity index (χ3v) is 4.68. The standard InChI is InChI=1S/C9H18N2O2S/c1-3-10-6-8-4-5-9(7-10)11(8)14(2,12)13/h8-9H,3-7H2,1-2H3. The Hall–Kier alpha value is -0.130. The maximum atomic E-state index is 11.5. The molecule has 2 bridgehead atoms. The molecule has 0 spiro atoms. The summed E-state index contributed by atoms with van der Waals surface area (Å²) in [6.07, 6.45) is 3.41. The van der Waals surface area contributed by atoms with Gasteiger partial charge in [0.05, 0.1) is 6.26 Å². The second kappa shape index (κ2) is 3.47. The summed E-state index contributed by atoms with van der Waals surface area (Å²) in [6.45, 7) is 5.00. The van der Waals surface area contributed by atoms with E-state index >= 15 is 0 Å². The van der Waals surface area contributed by atoms with Crippen molar-refractivity contribution < 1.29 is 8.42 Å². The number of hydrogen-bond donors (Lipinski definition) is 0. The summed E-state index contributed by atoms with van der Waals surface area (Å²) in [6, 6.07) is 0.479. The molecule has 0 aromatic rings. The van der Waals surface area contributed by atoms with Crippen molar-refractivity contribution in [3.63, 3.8) is 0 Å². The average molecular weight is 218 g/mol. The van der Waals surface area contributed by atoms with E-state index in [2.05, 4.69) is 11.8 Å². The molecule has 2 heterocycles. The molecular formula is C9H18N2O2S. The van der Waals surface area contributed by atoms with Crippen molar-refractivity contribution in [1.82, 2.24) is 9.21 Å². The lowest BCUT2D eigenvalue weighted by molar-refractivity contribution is 0.135. The molecule has 2 atom stereocenters. The summed E-state index contributed by atoms with van der Waals surface area (Å²) in [4.78, 5) is 2.35. The largest absolute Gasteiger partial charge is 0.300 e. The number of sulfonamides is 1. The molecule has 82 valence electrons. The molecule has 0 saturated carbocycles. The highest BCUT2D eigenvalue weighted by Gasteiger charge is 2.43. The van der Waals surface area contributed by atoms with E-state index in [1.54, 1.807) is 4.31 Å². The fourth-order valence-corrected chi connectivity index (χ4v) is 4.18. The molecule has 4 nitrogen and oxygen atoms in total. The summed E-state index contributed by atoms with van der Waals surface area (Å²) in [5.41, 5.74) is 0. The molecule has 0 aliphatic carbocycles.